The fourth-order valence-corrected chi connectivity index (χ4v) is 5.03. The van der Waals surface area contributed by atoms with Crippen molar-refractivity contribution in [1.29, 1.82) is 0 Å². The number of carbonyl (C=O) groups is 1. The van der Waals surface area contributed by atoms with Gasteiger partial charge in [0.15, 0.2) is 0 Å². The van der Waals surface area contributed by atoms with Gasteiger partial charge in [-0.05, 0) is 80.8 Å². The van der Waals surface area contributed by atoms with Crippen molar-refractivity contribution >= 4 is 31.9 Å². The molecule has 1 fully saturated rings. The second kappa shape index (κ2) is 8.37. The number of benzene rings is 1. The van der Waals surface area contributed by atoms with Crippen molar-refractivity contribution in [3.63, 3.8) is 0 Å². The molecule has 1 amide bonds. The molecule has 0 spiro atoms. The number of hydrogen-bond donors (Lipinski definition) is 2. The summed E-state index contributed by atoms with van der Waals surface area (Å²) in [6.45, 7) is 10.0. The van der Waals surface area contributed by atoms with E-state index in [2.05, 4.69) is 37.8 Å². The quantitative estimate of drug-likeness (QED) is 0.705. The molecule has 1 aliphatic rings. The second-order valence-corrected chi connectivity index (χ2v) is 10.2. The van der Waals surface area contributed by atoms with E-state index in [1.54, 1.807) is 26.8 Å². The van der Waals surface area contributed by atoms with E-state index < -0.39 is 15.6 Å². The molecule has 1 aliphatic heterocycles. The van der Waals surface area contributed by atoms with Crippen LogP contribution in [0, 0.1) is 0 Å². The largest absolute Gasteiger partial charge is 0.350 e. The summed E-state index contributed by atoms with van der Waals surface area (Å²) in [5.41, 5.74) is -0.275. The third-order valence-electron chi connectivity index (χ3n) is 4.34. The molecule has 0 aliphatic carbocycles. The molecule has 0 saturated carbocycles. The van der Waals surface area contributed by atoms with Crippen LogP contribution in [0.3, 0.4) is 0 Å². The van der Waals surface area contributed by atoms with Crippen molar-refractivity contribution in [3.8, 4) is 0 Å². The maximum Gasteiger partial charge on any atom is 0.252 e. The maximum absolute atomic E-state index is 12.6. The molecule has 1 aromatic carbocycles. The summed E-state index contributed by atoms with van der Waals surface area (Å²) in [7, 11) is -3.69. The molecule has 1 heterocycles. The van der Waals surface area contributed by atoms with Crippen LogP contribution >= 0.6 is 15.9 Å². The maximum atomic E-state index is 12.6. The topological polar surface area (TPSA) is 78.5 Å². The number of nitrogens with one attached hydrogen (secondary N) is 2. The molecule has 1 atom stereocenters. The minimum atomic E-state index is -3.69. The Labute approximate surface area is 164 Å². The van der Waals surface area contributed by atoms with Gasteiger partial charge >= 0.3 is 0 Å². The first-order valence-electron chi connectivity index (χ1n) is 8.89. The van der Waals surface area contributed by atoms with Crippen LogP contribution in [0.25, 0.3) is 0 Å². The third-order valence-corrected chi connectivity index (χ3v) is 6.78. The predicted molar refractivity (Wildman–Crippen MR) is 107 cm³/mol. The molecule has 146 valence electrons. The van der Waals surface area contributed by atoms with Crippen LogP contribution in [-0.2, 0) is 10.0 Å². The van der Waals surface area contributed by atoms with Gasteiger partial charge in [-0.2, -0.15) is 0 Å². The van der Waals surface area contributed by atoms with Crippen molar-refractivity contribution in [3.05, 3.63) is 28.2 Å². The van der Waals surface area contributed by atoms with Gasteiger partial charge in [0.05, 0.1) is 10.5 Å². The zero-order valence-electron chi connectivity index (χ0n) is 15.8. The highest BCUT2D eigenvalue weighted by Gasteiger charge is 2.26. The van der Waals surface area contributed by atoms with Gasteiger partial charge in [0.25, 0.3) is 5.91 Å². The van der Waals surface area contributed by atoms with E-state index in [-0.39, 0.29) is 10.8 Å². The Balaban J connectivity index is 2.15. The van der Waals surface area contributed by atoms with Gasteiger partial charge in [-0.25, -0.2) is 13.1 Å². The summed E-state index contributed by atoms with van der Waals surface area (Å²) >= 11 is 3.35. The lowest BCUT2D eigenvalue weighted by Gasteiger charge is -2.23. The molecule has 1 saturated heterocycles. The first-order chi connectivity index (χ1) is 12.0. The number of hydrogen-bond acceptors (Lipinski definition) is 4. The number of sulfonamides is 1. The van der Waals surface area contributed by atoms with Crippen molar-refractivity contribution < 1.29 is 13.2 Å². The molecule has 0 aromatic heterocycles. The lowest BCUT2D eigenvalue weighted by molar-refractivity contribution is 0.0940. The van der Waals surface area contributed by atoms with Crippen LogP contribution in [0.4, 0.5) is 0 Å². The monoisotopic (exact) mass is 445 g/mol. The van der Waals surface area contributed by atoms with Gasteiger partial charge in [0.2, 0.25) is 10.0 Å². The fraction of sp³-hybridized carbons (Fsp3) is 0.611. The van der Waals surface area contributed by atoms with E-state index >= 15 is 0 Å². The molecule has 26 heavy (non-hydrogen) atoms. The molecule has 6 nitrogen and oxygen atoms in total. The zero-order chi connectivity index (χ0) is 19.5. The Morgan fingerprint density at radius 1 is 1.35 bits per heavy atom. The van der Waals surface area contributed by atoms with Crippen molar-refractivity contribution in [2.24, 2.45) is 0 Å². The van der Waals surface area contributed by atoms with Crippen LogP contribution in [-0.4, -0.2) is 50.4 Å². The van der Waals surface area contributed by atoms with Crippen LogP contribution in [0.15, 0.2) is 27.6 Å². The Kier molecular flexibility index (Phi) is 6.87. The average molecular weight is 446 g/mol. The van der Waals surface area contributed by atoms with E-state index in [1.165, 1.54) is 12.1 Å². The molecular weight excluding hydrogens is 418 g/mol. The van der Waals surface area contributed by atoms with Crippen LogP contribution in [0.5, 0.6) is 0 Å². The molecule has 1 aromatic rings. The van der Waals surface area contributed by atoms with Crippen LogP contribution in [0.1, 0.15) is 50.9 Å². The first-order valence-corrected chi connectivity index (χ1v) is 11.2. The Bertz CT molecular complexity index is 759. The van der Waals surface area contributed by atoms with Gasteiger partial charge in [-0.15, -0.1) is 0 Å². The summed E-state index contributed by atoms with van der Waals surface area (Å²) in [5, 5.41) is 2.95. The molecule has 0 bridgehead atoms. The molecule has 2 rings (SSSR count). The number of amides is 1. The number of likely N-dealkylation sites (N-methyl/N-ethyl adjacent to an activating group) is 1. The average Bonchev–Trinajstić information content (AvgIpc) is 2.98. The standard InChI is InChI=1S/C18H28BrN3O3S/c1-5-22-10-6-7-13(22)12-20-17(23)15-11-14(8-9-16(15)19)26(24,25)21-18(2,3)4/h8-9,11,13,21H,5-7,10,12H2,1-4H3,(H,20,23). The van der Waals surface area contributed by atoms with Gasteiger partial charge in [0.1, 0.15) is 0 Å². The van der Waals surface area contributed by atoms with Crippen molar-refractivity contribution in [1.82, 2.24) is 14.9 Å². The highest BCUT2D eigenvalue weighted by molar-refractivity contribution is 9.10. The summed E-state index contributed by atoms with van der Waals surface area (Å²) in [6, 6.07) is 4.85. The molecule has 2 N–H and O–H groups in total. The van der Waals surface area contributed by atoms with Crippen LogP contribution < -0.4 is 10.0 Å². The van der Waals surface area contributed by atoms with Gasteiger partial charge in [-0.1, -0.05) is 6.92 Å². The third kappa shape index (κ3) is 5.52. The van der Waals surface area contributed by atoms with E-state index in [9.17, 15) is 13.2 Å². The zero-order valence-corrected chi connectivity index (χ0v) is 18.2. The summed E-state index contributed by atoms with van der Waals surface area (Å²) in [5.74, 6) is -0.271. The molecule has 8 heteroatoms. The Morgan fingerprint density at radius 2 is 2.04 bits per heavy atom. The van der Waals surface area contributed by atoms with E-state index in [0.717, 1.165) is 25.9 Å². The summed E-state index contributed by atoms with van der Waals surface area (Å²) in [4.78, 5) is 15.0. The number of likely N-dealkylation sites (tertiary alicyclic amines) is 1. The molecule has 1 unspecified atom stereocenters. The fourth-order valence-electron chi connectivity index (χ4n) is 3.16. The highest BCUT2D eigenvalue weighted by Crippen LogP contribution is 2.22. The van der Waals surface area contributed by atoms with Gasteiger partial charge in [-0.3, -0.25) is 9.69 Å². The van der Waals surface area contributed by atoms with E-state index in [4.69, 9.17) is 0 Å². The number of nitrogens with zero attached hydrogens (tertiary/aromatic N) is 1. The van der Waals surface area contributed by atoms with Crippen molar-refractivity contribution in [2.75, 3.05) is 19.6 Å². The number of rotatable bonds is 6. The van der Waals surface area contributed by atoms with E-state index in [0.29, 0.717) is 22.6 Å². The number of halogens is 1. The van der Waals surface area contributed by atoms with E-state index in [1.807, 2.05) is 0 Å². The Hall–Kier alpha value is -0.960. The normalized spacial score (nSPS) is 18.9. The van der Waals surface area contributed by atoms with Gasteiger partial charge in [0, 0.05) is 22.6 Å². The lowest BCUT2D eigenvalue weighted by atomic mass is 10.1. The van der Waals surface area contributed by atoms with Crippen LogP contribution in [0.2, 0.25) is 0 Å². The SMILES string of the molecule is CCN1CCCC1CNC(=O)c1cc(S(=O)(=O)NC(C)(C)C)ccc1Br. The highest BCUT2D eigenvalue weighted by atomic mass is 79.9. The summed E-state index contributed by atoms with van der Waals surface area (Å²) < 4.78 is 28.2. The minimum absolute atomic E-state index is 0.0804. The Morgan fingerprint density at radius 3 is 2.65 bits per heavy atom. The molecule has 0 radical (unpaired) electrons. The summed E-state index contributed by atoms with van der Waals surface area (Å²) in [6.07, 6.45) is 2.21. The van der Waals surface area contributed by atoms with Gasteiger partial charge < -0.3 is 5.32 Å². The second-order valence-electron chi connectivity index (χ2n) is 7.63. The minimum Gasteiger partial charge on any atom is -0.350 e. The lowest BCUT2D eigenvalue weighted by Crippen LogP contribution is -2.41. The predicted octanol–water partition coefficient (Wildman–Crippen LogP) is 2.74. The van der Waals surface area contributed by atoms with Crippen molar-refractivity contribution in [2.45, 2.75) is 57.0 Å². The smallest absolute Gasteiger partial charge is 0.252 e. The number of carbonyl (C=O) groups excluding carboxylic acids is 1. The molecular formula is C18H28BrN3O3S. The first kappa shape index (κ1) is 21.3.